The Balaban J connectivity index is 2.06. The highest BCUT2D eigenvalue weighted by atomic mass is 35.5. The number of nitrogens with two attached hydrogens (primary N) is 1. The number of benzene rings is 2. The van der Waals surface area contributed by atoms with Gasteiger partial charge in [-0.3, -0.25) is 5.01 Å². The van der Waals surface area contributed by atoms with Gasteiger partial charge in [-0.15, -0.1) is 0 Å². The van der Waals surface area contributed by atoms with E-state index in [4.69, 9.17) is 29.0 Å². The maximum atomic E-state index is 14.0. The average molecular weight is 336 g/mol. The summed E-state index contributed by atoms with van der Waals surface area (Å²) in [5.74, 6) is 5.61. The van der Waals surface area contributed by atoms with Gasteiger partial charge in [0, 0.05) is 5.56 Å². The Labute approximate surface area is 137 Å². The zero-order chi connectivity index (χ0) is 15.7. The summed E-state index contributed by atoms with van der Waals surface area (Å²) in [6, 6.07) is 15.6. The molecule has 3 rings (SSSR count). The van der Waals surface area contributed by atoms with Crippen LogP contribution in [0.25, 0.3) is 5.57 Å². The van der Waals surface area contributed by atoms with Crippen LogP contribution in [-0.4, -0.2) is 10.2 Å². The van der Waals surface area contributed by atoms with E-state index in [1.165, 1.54) is 11.1 Å². The molecular formula is C16H12Cl2FN3. The Kier molecular flexibility index (Phi) is 4.16. The molecule has 1 heterocycles. The largest absolute Gasteiger partial charge is 0.271 e. The molecule has 0 saturated heterocycles. The van der Waals surface area contributed by atoms with Gasteiger partial charge in [0.25, 0.3) is 0 Å². The first-order chi connectivity index (χ1) is 10.6. The van der Waals surface area contributed by atoms with Crippen molar-refractivity contribution in [2.75, 3.05) is 0 Å². The summed E-state index contributed by atoms with van der Waals surface area (Å²) in [4.78, 5) is 4.30. The zero-order valence-corrected chi connectivity index (χ0v) is 12.9. The molecule has 0 aliphatic carbocycles. The van der Waals surface area contributed by atoms with Gasteiger partial charge in [-0.25, -0.2) is 15.2 Å². The molecule has 6 heteroatoms. The van der Waals surface area contributed by atoms with Crippen LogP contribution >= 0.6 is 23.2 Å². The third-order valence-electron chi connectivity index (χ3n) is 3.38. The molecule has 0 saturated carbocycles. The van der Waals surface area contributed by atoms with Crippen molar-refractivity contribution in [3.8, 4) is 0 Å². The minimum atomic E-state index is -0.798. The molecule has 2 aromatic rings. The zero-order valence-electron chi connectivity index (χ0n) is 11.4. The molecule has 2 N–H and O–H groups in total. The quantitative estimate of drug-likeness (QED) is 0.658. The number of allylic oxidation sites excluding steroid dienone is 1. The number of halogens is 3. The first kappa shape index (κ1) is 15.0. The molecule has 0 aromatic heterocycles. The Hall–Kier alpha value is -1.88. The normalized spacial score (nSPS) is 18.5. The second-order valence-corrected chi connectivity index (χ2v) is 5.47. The first-order valence-electron chi connectivity index (χ1n) is 6.57. The third kappa shape index (κ3) is 2.61. The number of hydrogen-bond donors (Lipinski definition) is 1. The van der Waals surface area contributed by atoms with Crippen LogP contribution in [0, 0.1) is 5.82 Å². The molecule has 1 aliphatic heterocycles. The standard InChI is InChI=1S/C16H12Cl2FN3/c17-14-13(10-6-2-1-3-7-10)15(18)22(20)16(21-14)11-8-4-5-9-12(11)19/h1-9,16H,20H2. The van der Waals surface area contributed by atoms with E-state index in [-0.39, 0.29) is 10.3 Å². The van der Waals surface area contributed by atoms with Crippen LogP contribution in [0.1, 0.15) is 17.3 Å². The molecule has 1 atom stereocenters. The molecule has 2 aromatic carbocycles. The molecule has 0 fully saturated rings. The molecule has 0 bridgehead atoms. The molecule has 0 radical (unpaired) electrons. The van der Waals surface area contributed by atoms with Crippen molar-refractivity contribution < 1.29 is 4.39 Å². The molecule has 0 spiro atoms. The highest BCUT2D eigenvalue weighted by Gasteiger charge is 2.30. The molecule has 1 unspecified atom stereocenters. The van der Waals surface area contributed by atoms with Crippen LogP contribution in [0.3, 0.4) is 0 Å². The van der Waals surface area contributed by atoms with Gasteiger partial charge in [0.2, 0.25) is 0 Å². The van der Waals surface area contributed by atoms with Gasteiger partial charge >= 0.3 is 0 Å². The SMILES string of the molecule is NN1C(Cl)=C(c2ccccc2)C(Cl)=NC1c1ccccc1F. The predicted molar refractivity (Wildman–Crippen MR) is 87.7 cm³/mol. The summed E-state index contributed by atoms with van der Waals surface area (Å²) >= 11 is 12.6. The molecule has 1 aliphatic rings. The van der Waals surface area contributed by atoms with Crippen LogP contribution < -0.4 is 5.84 Å². The lowest BCUT2D eigenvalue weighted by Gasteiger charge is -2.31. The number of aliphatic imine (C=N–C) groups is 1. The van der Waals surface area contributed by atoms with Crippen LogP contribution in [0.15, 0.2) is 64.7 Å². The highest BCUT2D eigenvalue weighted by Crippen LogP contribution is 2.37. The fourth-order valence-corrected chi connectivity index (χ4v) is 2.93. The fourth-order valence-electron chi connectivity index (χ4n) is 2.30. The van der Waals surface area contributed by atoms with E-state index >= 15 is 0 Å². The maximum Gasteiger partial charge on any atom is 0.166 e. The van der Waals surface area contributed by atoms with Crippen LogP contribution in [0.4, 0.5) is 4.39 Å². The summed E-state index contributed by atoms with van der Waals surface area (Å²) in [6.07, 6.45) is -0.798. The average Bonchev–Trinajstić information content (AvgIpc) is 2.53. The van der Waals surface area contributed by atoms with E-state index in [0.717, 1.165) is 5.56 Å². The van der Waals surface area contributed by atoms with Crippen molar-refractivity contribution in [2.24, 2.45) is 10.8 Å². The van der Waals surface area contributed by atoms with Gasteiger partial charge in [0.05, 0.1) is 5.57 Å². The van der Waals surface area contributed by atoms with Crippen molar-refractivity contribution in [2.45, 2.75) is 6.17 Å². The van der Waals surface area contributed by atoms with E-state index in [0.29, 0.717) is 11.1 Å². The molecule has 22 heavy (non-hydrogen) atoms. The topological polar surface area (TPSA) is 41.6 Å². The second-order valence-electron chi connectivity index (χ2n) is 4.75. The van der Waals surface area contributed by atoms with E-state index < -0.39 is 12.0 Å². The van der Waals surface area contributed by atoms with Crippen LogP contribution in [0.5, 0.6) is 0 Å². The fraction of sp³-hybridized carbons (Fsp3) is 0.0625. The van der Waals surface area contributed by atoms with E-state index in [9.17, 15) is 4.39 Å². The van der Waals surface area contributed by atoms with E-state index in [2.05, 4.69) is 4.99 Å². The first-order valence-corrected chi connectivity index (χ1v) is 7.32. The summed E-state index contributed by atoms with van der Waals surface area (Å²) in [5.41, 5.74) is 1.64. The molecule has 3 nitrogen and oxygen atoms in total. The van der Waals surface area contributed by atoms with Crippen molar-refractivity contribution in [3.63, 3.8) is 0 Å². The van der Waals surface area contributed by atoms with E-state index in [1.807, 2.05) is 30.3 Å². The van der Waals surface area contributed by atoms with Gasteiger partial charge < -0.3 is 0 Å². The van der Waals surface area contributed by atoms with E-state index in [1.54, 1.807) is 18.2 Å². The van der Waals surface area contributed by atoms with Gasteiger partial charge in [-0.05, 0) is 11.6 Å². The lowest BCUT2D eigenvalue weighted by atomic mass is 10.1. The van der Waals surface area contributed by atoms with Crippen LogP contribution in [0.2, 0.25) is 0 Å². The van der Waals surface area contributed by atoms with Gasteiger partial charge in [0.15, 0.2) is 6.17 Å². The predicted octanol–water partition coefficient (Wildman–Crippen LogP) is 4.26. The molecule has 0 amide bonds. The van der Waals surface area contributed by atoms with Crippen molar-refractivity contribution in [1.82, 2.24) is 5.01 Å². The lowest BCUT2D eigenvalue weighted by Crippen LogP contribution is -2.36. The minimum Gasteiger partial charge on any atom is -0.271 e. The van der Waals surface area contributed by atoms with Gasteiger partial charge in [-0.1, -0.05) is 71.7 Å². The summed E-state index contributed by atoms with van der Waals surface area (Å²) in [6.45, 7) is 0. The van der Waals surface area contributed by atoms with Gasteiger partial charge in [-0.2, -0.15) is 0 Å². The smallest absolute Gasteiger partial charge is 0.166 e. The maximum absolute atomic E-state index is 14.0. The number of hydrazine groups is 1. The van der Waals surface area contributed by atoms with Gasteiger partial charge in [0.1, 0.15) is 16.1 Å². The Bertz CT molecular complexity index is 759. The number of hydrogen-bond acceptors (Lipinski definition) is 3. The summed E-state index contributed by atoms with van der Waals surface area (Å²) in [7, 11) is 0. The number of nitrogens with zero attached hydrogens (tertiary/aromatic N) is 2. The third-order valence-corrected chi connectivity index (χ3v) is 4.05. The Morgan fingerprint density at radius 1 is 1.00 bits per heavy atom. The number of rotatable bonds is 2. The van der Waals surface area contributed by atoms with Crippen molar-refractivity contribution in [1.29, 1.82) is 0 Å². The van der Waals surface area contributed by atoms with Crippen molar-refractivity contribution in [3.05, 3.63) is 76.7 Å². The van der Waals surface area contributed by atoms with Crippen LogP contribution in [-0.2, 0) is 0 Å². The lowest BCUT2D eigenvalue weighted by molar-refractivity contribution is 0.280. The summed E-state index contributed by atoms with van der Waals surface area (Å²) in [5, 5.41) is 1.64. The Morgan fingerprint density at radius 2 is 1.64 bits per heavy atom. The molecule has 112 valence electrons. The second kappa shape index (κ2) is 6.08. The Morgan fingerprint density at radius 3 is 2.32 bits per heavy atom. The monoisotopic (exact) mass is 335 g/mol. The molecular weight excluding hydrogens is 324 g/mol. The highest BCUT2D eigenvalue weighted by molar-refractivity contribution is 6.77. The minimum absolute atomic E-state index is 0.200. The van der Waals surface area contributed by atoms with Crippen molar-refractivity contribution >= 4 is 33.9 Å². The summed E-state index contributed by atoms with van der Waals surface area (Å²) < 4.78 is 14.0.